The van der Waals surface area contributed by atoms with E-state index in [4.69, 9.17) is 4.74 Å². The lowest BCUT2D eigenvalue weighted by Crippen LogP contribution is -2.05. The van der Waals surface area contributed by atoms with Crippen molar-refractivity contribution in [2.24, 2.45) is 0 Å². The van der Waals surface area contributed by atoms with Gasteiger partial charge in [-0.1, -0.05) is 12.1 Å². The largest absolute Gasteiger partial charge is 0.491 e. The van der Waals surface area contributed by atoms with Crippen LogP contribution in [0.5, 0.6) is 5.75 Å². The minimum atomic E-state index is 0.194. The van der Waals surface area contributed by atoms with Crippen molar-refractivity contribution in [3.63, 3.8) is 0 Å². The molecular formula is C15H18N2O. The quantitative estimate of drug-likeness (QED) is 0.825. The molecule has 0 N–H and O–H groups in total. The van der Waals surface area contributed by atoms with E-state index in [-0.39, 0.29) is 6.10 Å². The van der Waals surface area contributed by atoms with Gasteiger partial charge in [0.25, 0.3) is 0 Å². The van der Waals surface area contributed by atoms with Crippen molar-refractivity contribution < 1.29 is 4.74 Å². The van der Waals surface area contributed by atoms with Crippen LogP contribution in [0.4, 0.5) is 0 Å². The highest BCUT2D eigenvalue weighted by molar-refractivity contribution is 5.68. The summed E-state index contributed by atoms with van der Waals surface area (Å²) < 4.78 is 5.63. The van der Waals surface area contributed by atoms with Gasteiger partial charge in [-0.3, -0.25) is 0 Å². The number of aromatic nitrogens is 2. The van der Waals surface area contributed by atoms with Crippen LogP contribution in [0.25, 0.3) is 11.1 Å². The third-order valence-electron chi connectivity index (χ3n) is 2.74. The number of hydrogen-bond donors (Lipinski definition) is 0. The van der Waals surface area contributed by atoms with Crippen LogP contribution in [-0.4, -0.2) is 16.1 Å². The average Bonchev–Trinajstić information content (AvgIpc) is 2.30. The zero-order valence-electron chi connectivity index (χ0n) is 11.3. The van der Waals surface area contributed by atoms with E-state index in [0.717, 1.165) is 28.3 Å². The van der Waals surface area contributed by atoms with E-state index in [1.54, 1.807) is 6.33 Å². The Morgan fingerprint density at radius 2 is 1.50 bits per heavy atom. The Bertz CT molecular complexity index is 512. The summed E-state index contributed by atoms with van der Waals surface area (Å²) in [6.45, 7) is 8.05. The molecule has 1 aromatic heterocycles. The van der Waals surface area contributed by atoms with Gasteiger partial charge in [-0.05, 0) is 45.4 Å². The second kappa shape index (κ2) is 5.17. The molecule has 0 amide bonds. The first-order chi connectivity index (χ1) is 8.58. The summed E-state index contributed by atoms with van der Waals surface area (Å²) in [5.41, 5.74) is 4.23. The predicted octanol–water partition coefficient (Wildman–Crippen LogP) is 3.55. The maximum absolute atomic E-state index is 5.63. The molecule has 0 atom stereocenters. The summed E-state index contributed by atoms with van der Waals surface area (Å²) in [5, 5.41) is 0. The van der Waals surface area contributed by atoms with Crippen molar-refractivity contribution in [1.82, 2.24) is 9.97 Å². The molecule has 2 aromatic rings. The molecule has 0 aliphatic rings. The van der Waals surface area contributed by atoms with E-state index in [1.807, 2.05) is 39.8 Å². The molecule has 3 nitrogen and oxygen atoms in total. The summed E-state index contributed by atoms with van der Waals surface area (Å²) in [7, 11) is 0. The van der Waals surface area contributed by atoms with Gasteiger partial charge in [0.1, 0.15) is 12.1 Å². The van der Waals surface area contributed by atoms with Gasteiger partial charge in [-0.25, -0.2) is 9.97 Å². The normalized spacial score (nSPS) is 10.7. The molecule has 0 spiro atoms. The van der Waals surface area contributed by atoms with Gasteiger partial charge in [-0.15, -0.1) is 0 Å². The van der Waals surface area contributed by atoms with E-state index in [1.165, 1.54) is 0 Å². The number of aryl methyl sites for hydroxylation is 2. The van der Waals surface area contributed by atoms with Crippen molar-refractivity contribution >= 4 is 0 Å². The monoisotopic (exact) mass is 242 g/mol. The van der Waals surface area contributed by atoms with Crippen LogP contribution < -0.4 is 4.74 Å². The molecule has 0 saturated heterocycles. The minimum absolute atomic E-state index is 0.194. The van der Waals surface area contributed by atoms with E-state index < -0.39 is 0 Å². The van der Waals surface area contributed by atoms with Crippen LogP contribution in [0, 0.1) is 13.8 Å². The number of rotatable bonds is 3. The molecule has 0 fully saturated rings. The second-order valence-electron chi connectivity index (χ2n) is 4.61. The first-order valence-electron chi connectivity index (χ1n) is 6.13. The van der Waals surface area contributed by atoms with Crippen LogP contribution in [0.15, 0.2) is 30.6 Å². The first-order valence-corrected chi connectivity index (χ1v) is 6.13. The van der Waals surface area contributed by atoms with Crippen LogP contribution in [0.3, 0.4) is 0 Å². The molecule has 0 saturated carbocycles. The zero-order valence-corrected chi connectivity index (χ0v) is 11.3. The Morgan fingerprint density at radius 1 is 0.944 bits per heavy atom. The Kier molecular flexibility index (Phi) is 3.60. The van der Waals surface area contributed by atoms with Crippen molar-refractivity contribution in [3.05, 3.63) is 42.0 Å². The fourth-order valence-corrected chi connectivity index (χ4v) is 1.98. The van der Waals surface area contributed by atoms with Gasteiger partial charge in [-0.2, -0.15) is 0 Å². The lowest BCUT2D eigenvalue weighted by Gasteiger charge is -2.11. The summed E-state index contributed by atoms with van der Waals surface area (Å²) >= 11 is 0. The van der Waals surface area contributed by atoms with Crippen molar-refractivity contribution in [2.45, 2.75) is 33.8 Å². The molecule has 0 aliphatic heterocycles. The van der Waals surface area contributed by atoms with Crippen molar-refractivity contribution in [3.8, 4) is 16.9 Å². The number of nitrogens with zero attached hydrogens (tertiary/aromatic N) is 2. The van der Waals surface area contributed by atoms with Crippen LogP contribution in [-0.2, 0) is 0 Å². The second-order valence-corrected chi connectivity index (χ2v) is 4.61. The lowest BCUT2D eigenvalue weighted by molar-refractivity contribution is 0.242. The Labute approximate surface area is 108 Å². The van der Waals surface area contributed by atoms with E-state index >= 15 is 0 Å². The molecular weight excluding hydrogens is 224 g/mol. The topological polar surface area (TPSA) is 35.0 Å². The molecule has 0 aliphatic carbocycles. The summed E-state index contributed by atoms with van der Waals surface area (Å²) in [6.07, 6.45) is 1.80. The summed E-state index contributed by atoms with van der Waals surface area (Å²) in [5.74, 6) is 0.890. The lowest BCUT2D eigenvalue weighted by atomic mass is 10.0. The van der Waals surface area contributed by atoms with Crippen molar-refractivity contribution in [2.75, 3.05) is 0 Å². The molecule has 18 heavy (non-hydrogen) atoms. The fraction of sp³-hybridized carbons (Fsp3) is 0.333. The molecule has 2 rings (SSSR count). The maximum Gasteiger partial charge on any atom is 0.119 e. The van der Waals surface area contributed by atoms with E-state index in [0.29, 0.717) is 0 Å². The molecule has 1 aromatic carbocycles. The van der Waals surface area contributed by atoms with Gasteiger partial charge in [0.05, 0.1) is 6.10 Å². The Balaban J connectivity index is 2.35. The molecule has 3 heteroatoms. The smallest absolute Gasteiger partial charge is 0.119 e. The predicted molar refractivity (Wildman–Crippen MR) is 72.7 cm³/mol. The SMILES string of the molecule is Cc1ncnc(C)c1-c1ccc(OC(C)C)cc1. The number of hydrogen-bond acceptors (Lipinski definition) is 3. The third kappa shape index (κ3) is 2.67. The van der Waals surface area contributed by atoms with Gasteiger partial charge >= 0.3 is 0 Å². The highest BCUT2D eigenvalue weighted by atomic mass is 16.5. The first kappa shape index (κ1) is 12.6. The highest BCUT2D eigenvalue weighted by Gasteiger charge is 2.07. The Morgan fingerprint density at radius 3 is 2.00 bits per heavy atom. The van der Waals surface area contributed by atoms with E-state index in [9.17, 15) is 0 Å². The fourth-order valence-electron chi connectivity index (χ4n) is 1.98. The number of ether oxygens (including phenoxy) is 1. The number of benzene rings is 1. The van der Waals surface area contributed by atoms with Crippen LogP contribution in [0.2, 0.25) is 0 Å². The molecule has 0 bridgehead atoms. The van der Waals surface area contributed by atoms with Crippen LogP contribution >= 0.6 is 0 Å². The zero-order chi connectivity index (χ0) is 13.1. The van der Waals surface area contributed by atoms with Crippen molar-refractivity contribution in [1.29, 1.82) is 0 Å². The van der Waals surface area contributed by atoms with Gasteiger partial charge in [0, 0.05) is 17.0 Å². The van der Waals surface area contributed by atoms with E-state index in [2.05, 4.69) is 22.1 Å². The molecule has 0 radical (unpaired) electrons. The van der Waals surface area contributed by atoms with Gasteiger partial charge < -0.3 is 4.74 Å². The summed E-state index contributed by atoms with van der Waals surface area (Å²) in [4.78, 5) is 8.49. The maximum atomic E-state index is 5.63. The minimum Gasteiger partial charge on any atom is -0.491 e. The average molecular weight is 242 g/mol. The molecule has 1 heterocycles. The van der Waals surface area contributed by atoms with Gasteiger partial charge in [0.15, 0.2) is 0 Å². The molecule has 94 valence electrons. The van der Waals surface area contributed by atoms with Gasteiger partial charge in [0.2, 0.25) is 0 Å². The van der Waals surface area contributed by atoms with Crippen LogP contribution in [0.1, 0.15) is 25.2 Å². The Hall–Kier alpha value is -1.90. The summed E-state index contributed by atoms with van der Waals surface area (Å²) in [6, 6.07) is 8.08. The molecule has 0 unspecified atom stereocenters. The standard InChI is InChI=1S/C15H18N2O/c1-10(2)18-14-7-5-13(6-8-14)15-11(3)16-9-17-12(15)4/h5-10H,1-4H3. The highest BCUT2D eigenvalue weighted by Crippen LogP contribution is 2.26. The third-order valence-corrected chi connectivity index (χ3v) is 2.74.